The minimum Gasteiger partial charge on any atom is -0.377 e. The molecule has 0 unspecified atom stereocenters. The van der Waals surface area contributed by atoms with Crippen LogP contribution in [0.15, 0.2) is 41.3 Å². The number of fused-ring (bicyclic) bond motifs is 1. The van der Waals surface area contributed by atoms with Gasteiger partial charge in [0.25, 0.3) is 0 Å². The van der Waals surface area contributed by atoms with E-state index in [-0.39, 0.29) is 17.9 Å². The van der Waals surface area contributed by atoms with Crippen molar-refractivity contribution >= 4 is 43.3 Å². The van der Waals surface area contributed by atoms with Gasteiger partial charge in [0.15, 0.2) is 0 Å². The van der Waals surface area contributed by atoms with Gasteiger partial charge in [-0.3, -0.25) is 4.79 Å². The zero-order valence-corrected chi connectivity index (χ0v) is 13.9. The molecule has 7 heteroatoms. The van der Waals surface area contributed by atoms with Crippen molar-refractivity contribution in [2.75, 3.05) is 25.5 Å². The average Bonchev–Trinajstić information content (AvgIpc) is 2.45. The number of hydrogen-bond donors (Lipinski definition) is 1. The summed E-state index contributed by atoms with van der Waals surface area (Å²) in [7, 11) is 0.102. The summed E-state index contributed by atoms with van der Waals surface area (Å²) in [6.07, 6.45) is -0.0471. The van der Waals surface area contributed by atoms with Crippen molar-refractivity contribution in [1.29, 1.82) is 0 Å². The van der Waals surface area contributed by atoms with E-state index in [1.165, 1.54) is 0 Å². The van der Waals surface area contributed by atoms with Gasteiger partial charge >= 0.3 is 0 Å². The number of carbonyl (C=O) groups is 1. The van der Waals surface area contributed by atoms with Gasteiger partial charge in [0.1, 0.15) is 0 Å². The SMILES string of the molecule is CN(C)c1cccc2c(S(=O)(=O)NCCC(=O)Cl)cccc12. The molecule has 0 aliphatic carbocycles. The smallest absolute Gasteiger partial charge is 0.241 e. The molecule has 5 nitrogen and oxygen atoms in total. The molecule has 1 N–H and O–H groups in total. The van der Waals surface area contributed by atoms with E-state index in [0.29, 0.717) is 5.39 Å². The molecule has 2 aromatic carbocycles. The third-order valence-electron chi connectivity index (χ3n) is 3.24. The third-order valence-corrected chi connectivity index (χ3v) is 4.95. The lowest BCUT2D eigenvalue weighted by Gasteiger charge is -2.17. The molecule has 0 bridgehead atoms. The molecule has 118 valence electrons. The predicted octanol–water partition coefficient (Wildman–Crippen LogP) is 2.34. The molecule has 0 aliphatic heterocycles. The molecule has 22 heavy (non-hydrogen) atoms. The van der Waals surface area contributed by atoms with Gasteiger partial charge in [0.05, 0.1) is 4.90 Å². The summed E-state index contributed by atoms with van der Waals surface area (Å²) in [5, 5.41) is 0.915. The van der Waals surface area contributed by atoms with Crippen molar-refractivity contribution in [2.45, 2.75) is 11.3 Å². The van der Waals surface area contributed by atoms with Crippen molar-refractivity contribution in [3.63, 3.8) is 0 Å². The van der Waals surface area contributed by atoms with Crippen LogP contribution in [0.2, 0.25) is 0 Å². The van der Waals surface area contributed by atoms with Crippen molar-refractivity contribution in [3.8, 4) is 0 Å². The van der Waals surface area contributed by atoms with Gasteiger partial charge in [-0.05, 0) is 23.7 Å². The highest BCUT2D eigenvalue weighted by molar-refractivity contribution is 7.89. The number of carbonyl (C=O) groups excluding carboxylic acids is 1. The van der Waals surface area contributed by atoms with Crippen LogP contribution in [0, 0.1) is 0 Å². The van der Waals surface area contributed by atoms with Gasteiger partial charge in [0, 0.05) is 43.5 Å². The van der Waals surface area contributed by atoms with Crippen LogP contribution in [0.4, 0.5) is 5.69 Å². The molecule has 0 atom stereocenters. The molecule has 0 amide bonds. The molecule has 0 spiro atoms. The summed E-state index contributed by atoms with van der Waals surface area (Å²) in [4.78, 5) is 12.8. The molecule has 0 aliphatic rings. The van der Waals surface area contributed by atoms with Gasteiger partial charge in [-0.2, -0.15) is 0 Å². The lowest BCUT2D eigenvalue weighted by atomic mass is 10.1. The van der Waals surface area contributed by atoms with Gasteiger partial charge in [0.2, 0.25) is 15.3 Å². The zero-order chi connectivity index (χ0) is 16.3. The molecular formula is C15H17ClN2O3S. The molecular weight excluding hydrogens is 324 g/mol. The normalized spacial score (nSPS) is 11.6. The fraction of sp³-hybridized carbons (Fsp3) is 0.267. The fourth-order valence-corrected chi connectivity index (χ4v) is 3.60. The van der Waals surface area contributed by atoms with Gasteiger partial charge in [-0.15, -0.1) is 0 Å². The number of nitrogens with zero attached hydrogens (tertiary/aromatic N) is 1. The highest BCUT2D eigenvalue weighted by atomic mass is 35.5. The van der Waals surface area contributed by atoms with Crippen LogP contribution >= 0.6 is 11.6 Å². The van der Waals surface area contributed by atoms with E-state index >= 15 is 0 Å². The van der Waals surface area contributed by atoms with E-state index in [2.05, 4.69) is 4.72 Å². The van der Waals surface area contributed by atoms with Crippen molar-refractivity contribution < 1.29 is 13.2 Å². The van der Waals surface area contributed by atoms with Crippen LogP contribution in [0.25, 0.3) is 10.8 Å². The molecule has 2 aromatic rings. The van der Waals surface area contributed by atoms with Crippen LogP contribution in [0.1, 0.15) is 6.42 Å². The van der Waals surface area contributed by atoms with E-state index in [1.54, 1.807) is 18.2 Å². The molecule has 0 saturated heterocycles. The van der Waals surface area contributed by atoms with Crippen LogP contribution in [0.3, 0.4) is 0 Å². The number of nitrogens with one attached hydrogen (secondary N) is 1. The molecule has 0 saturated carbocycles. The summed E-state index contributed by atoms with van der Waals surface area (Å²) in [5.41, 5.74) is 0.936. The minimum atomic E-state index is -3.70. The quantitative estimate of drug-likeness (QED) is 0.820. The van der Waals surface area contributed by atoms with Crippen LogP contribution in [-0.4, -0.2) is 34.3 Å². The summed E-state index contributed by atoms with van der Waals surface area (Å²) in [6, 6.07) is 10.6. The van der Waals surface area contributed by atoms with Crippen LogP contribution in [0.5, 0.6) is 0 Å². The summed E-state index contributed by atoms with van der Waals surface area (Å²) in [5.74, 6) is 0. The standard InChI is InChI=1S/C15H17ClN2O3S/c1-18(2)13-7-3-6-12-11(13)5-4-8-14(12)22(20,21)17-10-9-15(16)19/h3-8,17H,9-10H2,1-2H3. The van der Waals surface area contributed by atoms with E-state index in [9.17, 15) is 13.2 Å². The Balaban J connectivity index is 2.47. The lowest BCUT2D eigenvalue weighted by molar-refractivity contribution is -0.111. The molecule has 0 radical (unpaired) electrons. The van der Waals surface area contributed by atoms with Gasteiger partial charge < -0.3 is 4.90 Å². The monoisotopic (exact) mass is 340 g/mol. The Hall–Kier alpha value is -1.63. The number of rotatable bonds is 6. The highest BCUT2D eigenvalue weighted by Gasteiger charge is 2.18. The Kier molecular flexibility index (Phi) is 5.05. The second-order valence-corrected chi connectivity index (χ2v) is 7.18. The van der Waals surface area contributed by atoms with Crippen molar-refractivity contribution in [2.24, 2.45) is 0 Å². The molecule has 0 fully saturated rings. The summed E-state index contributed by atoms with van der Waals surface area (Å²) < 4.78 is 27.3. The second-order valence-electron chi connectivity index (χ2n) is 5.03. The zero-order valence-electron chi connectivity index (χ0n) is 12.3. The number of hydrogen-bond acceptors (Lipinski definition) is 4. The maximum atomic E-state index is 12.4. The Labute approximate surface area is 134 Å². The fourth-order valence-electron chi connectivity index (χ4n) is 2.25. The van der Waals surface area contributed by atoms with E-state index in [0.717, 1.165) is 11.1 Å². The molecule has 0 aromatic heterocycles. The number of benzene rings is 2. The summed E-state index contributed by atoms with van der Waals surface area (Å²) >= 11 is 5.22. The Morgan fingerprint density at radius 1 is 1.14 bits per heavy atom. The first-order valence-corrected chi connectivity index (χ1v) is 8.56. The number of anilines is 1. The van der Waals surface area contributed by atoms with Crippen molar-refractivity contribution in [3.05, 3.63) is 36.4 Å². The van der Waals surface area contributed by atoms with Crippen LogP contribution < -0.4 is 9.62 Å². The largest absolute Gasteiger partial charge is 0.377 e. The Bertz CT molecular complexity index is 804. The first-order valence-electron chi connectivity index (χ1n) is 6.70. The number of halogens is 1. The molecule has 0 heterocycles. The third kappa shape index (κ3) is 3.58. The molecule has 2 rings (SSSR count). The predicted molar refractivity (Wildman–Crippen MR) is 88.9 cm³/mol. The van der Waals surface area contributed by atoms with Gasteiger partial charge in [-0.25, -0.2) is 13.1 Å². The van der Waals surface area contributed by atoms with E-state index in [4.69, 9.17) is 11.6 Å². The average molecular weight is 341 g/mol. The van der Waals surface area contributed by atoms with Crippen LogP contribution in [-0.2, 0) is 14.8 Å². The lowest BCUT2D eigenvalue weighted by Crippen LogP contribution is -2.26. The van der Waals surface area contributed by atoms with E-state index in [1.807, 2.05) is 37.2 Å². The van der Waals surface area contributed by atoms with Crippen molar-refractivity contribution in [1.82, 2.24) is 4.72 Å². The summed E-state index contributed by atoms with van der Waals surface area (Å²) in [6.45, 7) is -0.0194. The second kappa shape index (κ2) is 6.64. The first kappa shape index (κ1) is 16.7. The first-order chi connectivity index (χ1) is 10.3. The minimum absolute atomic E-state index is 0.0194. The number of sulfonamides is 1. The highest BCUT2D eigenvalue weighted by Crippen LogP contribution is 2.29. The Morgan fingerprint density at radius 2 is 1.77 bits per heavy atom. The van der Waals surface area contributed by atoms with Gasteiger partial charge in [-0.1, -0.05) is 24.3 Å². The maximum Gasteiger partial charge on any atom is 0.241 e. The Morgan fingerprint density at radius 3 is 2.41 bits per heavy atom. The van der Waals surface area contributed by atoms with E-state index < -0.39 is 15.3 Å². The maximum absolute atomic E-state index is 12.4. The topological polar surface area (TPSA) is 66.5 Å².